The standard InChI is InChI=1S/C15H16BrClFN3/c1-3-4-13-20-14(17)9(2)15(21-13)19-8-10-7-11(16)5-6-12(10)18/h5-7H,3-4,8H2,1-2H3,(H,19,20,21). The Morgan fingerprint density at radius 3 is 2.81 bits per heavy atom. The van der Waals surface area contributed by atoms with Crippen LogP contribution in [0.4, 0.5) is 10.2 Å². The van der Waals surface area contributed by atoms with Gasteiger partial charge < -0.3 is 5.32 Å². The van der Waals surface area contributed by atoms with Crippen LogP contribution in [-0.2, 0) is 13.0 Å². The monoisotopic (exact) mass is 371 g/mol. The summed E-state index contributed by atoms with van der Waals surface area (Å²) in [7, 11) is 0. The summed E-state index contributed by atoms with van der Waals surface area (Å²) in [5.74, 6) is 1.10. The molecule has 3 nitrogen and oxygen atoms in total. The topological polar surface area (TPSA) is 37.8 Å². The molecule has 1 aromatic heterocycles. The zero-order valence-electron chi connectivity index (χ0n) is 11.9. The molecule has 6 heteroatoms. The van der Waals surface area contributed by atoms with Gasteiger partial charge in [0.15, 0.2) is 0 Å². The minimum absolute atomic E-state index is 0.253. The number of hydrogen-bond acceptors (Lipinski definition) is 3. The summed E-state index contributed by atoms with van der Waals surface area (Å²) in [5.41, 5.74) is 1.34. The molecule has 0 bridgehead atoms. The van der Waals surface area contributed by atoms with Crippen molar-refractivity contribution in [2.24, 2.45) is 0 Å². The molecule has 1 N–H and O–H groups in total. The van der Waals surface area contributed by atoms with Crippen LogP contribution in [0, 0.1) is 12.7 Å². The van der Waals surface area contributed by atoms with Crippen LogP contribution in [0.15, 0.2) is 22.7 Å². The second-order valence-electron chi connectivity index (χ2n) is 4.74. The van der Waals surface area contributed by atoms with Crippen LogP contribution in [0.3, 0.4) is 0 Å². The second-order valence-corrected chi connectivity index (χ2v) is 6.02. The van der Waals surface area contributed by atoms with Crippen molar-refractivity contribution in [1.29, 1.82) is 0 Å². The highest BCUT2D eigenvalue weighted by atomic mass is 79.9. The van der Waals surface area contributed by atoms with Crippen molar-refractivity contribution in [2.45, 2.75) is 33.2 Å². The molecule has 0 amide bonds. The average molecular weight is 373 g/mol. The summed E-state index contributed by atoms with van der Waals surface area (Å²) in [4.78, 5) is 8.69. The number of halogens is 3. The van der Waals surface area contributed by atoms with Crippen LogP contribution in [0.1, 0.15) is 30.3 Å². The maximum absolute atomic E-state index is 13.7. The summed E-state index contributed by atoms with van der Waals surface area (Å²) in [6.07, 6.45) is 1.71. The molecular formula is C15H16BrClFN3. The lowest BCUT2D eigenvalue weighted by atomic mass is 10.2. The maximum Gasteiger partial charge on any atom is 0.137 e. The Hall–Kier alpha value is -1.20. The molecule has 0 aliphatic carbocycles. The molecule has 0 saturated heterocycles. The van der Waals surface area contributed by atoms with E-state index in [0.29, 0.717) is 28.9 Å². The Kier molecular flexibility index (Phi) is 5.53. The second kappa shape index (κ2) is 7.18. The van der Waals surface area contributed by atoms with E-state index in [2.05, 4.69) is 38.1 Å². The third-order valence-corrected chi connectivity index (χ3v) is 3.92. The van der Waals surface area contributed by atoms with E-state index in [1.807, 2.05) is 6.92 Å². The van der Waals surface area contributed by atoms with Gasteiger partial charge >= 0.3 is 0 Å². The Morgan fingerprint density at radius 1 is 1.33 bits per heavy atom. The number of nitrogens with zero attached hydrogens (tertiary/aromatic N) is 2. The normalized spacial score (nSPS) is 10.7. The maximum atomic E-state index is 13.7. The summed E-state index contributed by atoms with van der Waals surface area (Å²) in [5, 5.41) is 3.58. The van der Waals surface area contributed by atoms with Crippen LogP contribution in [0.25, 0.3) is 0 Å². The highest BCUT2D eigenvalue weighted by molar-refractivity contribution is 9.10. The van der Waals surface area contributed by atoms with E-state index in [1.165, 1.54) is 6.07 Å². The number of aryl methyl sites for hydroxylation is 1. The van der Waals surface area contributed by atoms with E-state index in [4.69, 9.17) is 11.6 Å². The molecule has 1 heterocycles. The first-order chi connectivity index (χ1) is 10.0. The zero-order chi connectivity index (χ0) is 15.4. The van der Waals surface area contributed by atoms with Crippen molar-refractivity contribution in [3.8, 4) is 0 Å². The van der Waals surface area contributed by atoms with Gasteiger partial charge in [0.2, 0.25) is 0 Å². The summed E-state index contributed by atoms with van der Waals surface area (Å²) in [6, 6.07) is 4.85. The van der Waals surface area contributed by atoms with Crippen LogP contribution >= 0.6 is 27.5 Å². The molecule has 112 valence electrons. The fraction of sp³-hybridized carbons (Fsp3) is 0.333. The Labute approximate surface area is 137 Å². The van der Waals surface area contributed by atoms with Gasteiger partial charge in [-0.05, 0) is 31.5 Å². The van der Waals surface area contributed by atoms with E-state index in [-0.39, 0.29) is 5.82 Å². The summed E-state index contributed by atoms with van der Waals surface area (Å²) < 4.78 is 14.6. The Bertz CT molecular complexity index is 649. The number of benzene rings is 1. The van der Waals surface area contributed by atoms with Crippen molar-refractivity contribution in [1.82, 2.24) is 9.97 Å². The van der Waals surface area contributed by atoms with Crippen LogP contribution in [-0.4, -0.2) is 9.97 Å². The third kappa shape index (κ3) is 4.14. The van der Waals surface area contributed by atoms with Gasteiger partial charge in [0.05, 0.1) is 0 Å². The molecule has 0 spiro atoms. The van der Waals surface area contributed by atoms with E-state index in [9.17, 15) is 4.39 Å². The van der Waals surface area contributed by atoms with Crippen LogP contribution in [0.2, 0.25) is 5.15 Å². The number of aromatic nitrogens is 2. The van der Waals surface area contributed by atoms with Gasteiger partial charge in [0.1, 0.15) is 22.6 Å². The van der Waals surface area contributed by atoms with Crippen molar-refractivity contribution in [2.75, 3.05) is 5.32 Å². The lowest BCUT2D eigenvalue weighted by Crippen LogP contribution is -2.08. The minimum atomic E-state index is -0.253. The number of rotatable bonds is 5. The van der Waals surface area contributed by atoms with Crippen LogP contribution in [0.5, 0.6) is 0 Å². The molecule has 0 unspecified atom stereocenters. The fourth-order valence-corrected chi connectivity index (χ4v) is 2.49. The number of nitrogens with one attached hydrogen (secondary N) is 1. The first kappa shape index (κ1) is 16.2. The Morgan fingerprint density at radius 2 is 2.10 bits per heavy atom. The molecule has 21 heavy (non-hydrogen) atoms. The molecule has 0 saturated carbocycles. The highest BCUT2D eigenvalue weighted by Crippen LogP contribution is 2.22. The highest BCUT2D eigenvalue weighted by Gasteiger charge is 2.10. The van der Waals surface area contributed by atoms with Gasteiger partial charge in [-0.15, -0.1) is 0 Å². The largest absolute Gasteiger partial charge is 0.366 e. The molecule has 0 atom stereocenters. The predicted octanol–water partition coefficient (Wildman–Crippen LogP) is 4.90. The van der Waals surface area contributed by atoms with Gasteiger partial charge in [-0.3, -0.25) is 0 Å². The quantitative estimate of drug-likeness (QED) is 0.758. The number of hydrogen-bond donors (Lipinski definition) is 1. The van der Waals surface area contributed by atoms with Crippen LogP contribution < -0.4 is 5.32 Å². The van der Waals surface area contributed by atoms with Crippen molar-refractivity contribution in [3.63, 3.8) is 0 Å². The van der Waals surface area contributed by atoms with Gasteiger partial charge in [-0.2, -0.15) is 0 Å². The van der Waals surface area contributed by atoms with E-state index in [1.54, 1.807) is 12.1 Å². The van der Waals surface area contributed by atoms with E-state index >= 15 is 0 Å². The first-order valence-electron chi connectivity index (χ1n) is 6.72. The third-order valence-electron chi connectivity index (χ3n) is 3.06. The number of anilines is 1. The van der Waals surface area contributed by atoms with Crippen molar-refractivity contribution in [3.05, 3.63) is 50.6 Å². The lowest BCUT2D eigenvalue weighted by Gasteiger charge is -2.12. The SMILES string of the molecule is CCCc1nc(Cl)c(C)c(NCc2cc(Br)ccc2F)n1. The summed E-state index contributed by atoms with van der Waals surface area (Å²) in [6.45, 7) is 4.24. The average Bonchev–Trinajstić information content (AvgIpc) is 2.44. The predicted molar refractivity (Wildman–Crippen MR) is 87.2 cm³/mol. The molecule has 2 aromatic rings. The van der Waals surface area contributed by atoms with Crippen molar-refractivity contribution >= 4 is 33.3 Å². The Balaban J connectivity index is 2.21. The molecule has 0 fully saturated rings. The summed E-state index contributed by atoms with van der Waals surface area (Å²) >= 11 is 9.46. The molecule has 0 radical (unpaired) electrons. The fourth-order valence-electron chi connectivity index (χ4n) is 1.90. The lowest BCUT2D eigenvalue weighted by molar-refractivity contribution is 0.612. The molecule has 0 aliphatic rings. The van der Waals surface area contributed by atoms with Gasteiger partial charge in [0.25, 0.3) is 0 Å². The molecule has 0 aliphatic heterocycles. The zero-order valence-corrected chi connectivity index (χ0v) is 14.2. The van der Waals surface area contributed by atoms with E-state index < -0.39 is 0 Å². The van der Waals surface area contributed by atoms with E-state index in [0.717, 1.165) is 22.9 Å². The molecule has 2 rings (SSSR count). The first-order valence-corrected chi connectivity index (χ1v) is 7.89. The minimum Gasteiger partial charge on any atom is -0.366 e. The van der Waals surface area contributed by atoms with Gasteiger partial charge in [-0.25, -0.2) is 14.4 Å². The molecular weight excluding hydrogens is 357 g/mol. The van der Waals surface area contributed by atoms with Gasteiger partial charge in [0, 0.05) is 28.6 Å². The molecule has 1 aromatic carbocycles. The van der Waals surface area contributed by atoms with Crippen molar-refractivity contribution < 1.29 is 4.39 Å². The van der Waals surface area contributed by atoms with Gasteiger partial charge in [-0.1, -0.05) is 34.5 Å². The smallest absolute Gasteiger partial charge is 0.137 e.